The van der Waals surface area contributed by atoms with Gasteiger partial charge in [-0.05, 0) is 22.3 Å². The number of ether oxygens (including phenoxy) is 4. The summed E-state index contributed by atoms with van der Waals surface area (Å²) in [5, 5.41) is 0. The van der Waals surface area contributed by atoms with E-state index in [0.29, 0.717) is 6.61 Å². The third kappa shape index (κ3) is 2.35. The molecule has 2 aliphatic rings. The predicted octanol–water partition coefficient (Wildman–Crippen LogP) is 2.80. The van der Waals surface area contributed by atoms with Gasteiger partial charge in [-0.3, -0.25) is 0 Å². The first-order valence-corrected chi connectivity index (χ1v) is 8.86. The number of methoxy groups -OCH3 is 3. The van der Waals surface area contributed by atoms with Crippen LogP contribution in [0, 0.1) is 0 Å². The molecule has 2 aromatic rings. The molecular weight excluding hydrogens is 360 g/mol. The number of esters is 2. The van der Waals surface area contributed by atoms with Gasteiger partial charge in [-0.15, -0.1) is 0 Å². The zero-order valence-corrected chi connectivity index (χ0v) is 15.9. The monoisotopic (exact) mass is 380 g/mol. The average molecular weight is 380 g/mol. The third-order valence-electron chi connectivity index (χ3n) is 5.29. The molecular formula is C22H20O6. The second-order valence-electron chi connectivity index (χ2n) is 6.63. The van der Waals surface area contributed by atoms with Crippen LogP contribution in [0.25, 0.3) is 0 Å². The van der Waals surface area contributed by atoms with Crippen LogP contribution in [0.2, 0.25) is 0 Å². The van der Waals surface area contributed by atoms with E-state index in [2.05, 4.69) is 0 Å². The van der Waals surface area contributed by atoms with Gasteiger partial charge in [0.2, 0.25) is 0 Å². The minimum Gasteiger partial charge on any atom is -0.466 e. The highest BCUT2D eigenvalue weighted by Gasteiger charge is 2.61. The minimum absolute atomic E-state index is 0.161. The fraction of sp³-hybridized carbons (Fsp3) is 0.273. The van der Waals surface area contributed by atoms with Crippen molar-refractivity contribution in [2.45, 2.75) is 18.3 Å². The lowest BCUT2D eigenvalue weighted by Crippen LogP contribution is -2.34. The molecule has 6 heteroatoms. The summed E-state index contributed by atoms with van der Waals surface area (Å²) in [4.78, 5) is 25.5. The van der Waals surface area contributed by atoms with E-state index in [0.717, 1.165) is 22.3 Å². The molecule has 0 aliphatic carbocycles. The minimum atomic E-state index is -1.26. The summed E-state index contributed by atoms with van der Waals surface area (Å²) in [6.45, 7) is 0.329. The van der Waals surface area contributed by atoms with Crippen molar-refractivity contribution < 1.29 is 28.5 Å². The molecule has 2 aliphatic heterocycles. The topological polar surface area (TPSA) is 71.1 Å². The van der Waals surface area contributed by atoms with Crippen LogP contribution in [0.3, 0.4) is 0 Å². The number of hydrogen-bond acceptors (Lipinski definition) is 6. The SMILES string of the molecule is COCc1ccccc1[C@@]12O[C@@H](C(C(=O)OC)=C1C(=O)OC)c1ccccc12. The van der Waals surface area contributed by atoms with E-state index in [1.165, 1.54) is 14.2 Å². The lowest BCUT2D eigenvalue weighted by atomic mass is 9.72. The zero-order chi connectivity index (χ0) is 19.9. The fourth-order valence-corrected chi connectivity index (χ4v) is 4.24. The first-order chi connectivity index (χ1) is 13.6. The summed E-state index contributed by atoms with van der Waals surface area (Å²) in [5.41, 5.74) is 2.33. The molecule has 2 atom stereocenters. The molecule has 0 aromatic heterocycles. The van der Waals surface area contributed by atoms with Crippen molar-refractivity contribution in [3.8, 4) is 0 Å². The quantitative estimate of drug-likeness (QED) is 0.743. The van der Waals surface area contributed by atoms with Crippen molar-refractivity contribution in [1.82, 2.24) is 0 Å². The predicted molar refractivity (Wildman–Crippen MR) is 99.3 cm³/mol. The summed E-state index contributed by atoms with van der Waals surface area (Å²) < 4.78 is 21.8. The maximum atomic E-state index is 12.9. The standard InChI is InChI=1S/C22H20O6/c1-25-12-13-8-4-6-10-15(13)22-16-11-7-5-9-14(16)19(28-22)17(20(23)26-2)18(22)21(24)27-3/h4-11,19H,12H2,1-3H3/t19-,22+/m1/s1. The maximum absolute atomic E-state index is 12.9. The number of hydrogen-bond donors (Lipinski definition) is 0. The molecule has 4 rings (SSSR count). The van der Waals surface area contributed by atoms with E-state index in [4.69, 9.17) is 18.9 Å². The molecule has 2 bridgehead atoms. The average Bonchev–Trinajstić information content (AvgIpc) is 3.26. The van der Waals surface area contributed by atoms with Crippen LogP contribution in [0.5, 0.6) is 0 Å². The van der Waals surface area contributed by atoms with Gasteiger partial charge in [-0.2, -0.15) is 0 Å². The van der Waals surface area contributed by atoms with Crippen LogP contribution in [0.1, 0.15) is 28.4 Å². The van der Waals surface area contributed by atoms with E-state index in [1.54, 1.807) is 7.11 Å². The molecule has 6 nitrogen and oxygen atoms in total. The van der Waals surface area contributed by atoms with Crippen molar-refractivity contribution >= 4 is 11.9 Å². The molecule has 0 saturated heterocycles. The van der Waals surface area contributed by atoms with Crippen molar-refractivity contribution in [2.75, 3.05) is 21.3 Å². The van der Waals surface area contributed by atoms with E-state index in [1.807, 2.05) is 48.5 Å². The Morgan fingerprint density at radius 2 is 1.57 bits per heavy atom. The lowest BCUT2D eigenvalue weighted by Gasteiger charge is -2.31. The Hall–Kier alpha value is -2.96. The molecule has 2 heterocycles. The van der Waals surface area contributed by atoms with Gasteiger partial charge in [0.15, 0.2) is 5.60 Å². The molecule has 0 unspecified atom stereocenters. The largest absolute Gasteiger partial charge is 0.466 e. The van der Waals surface area contributed by atoms with Crippen LogP contribution >= 0.6 is 0 Å². The highest BCUT2D eigenvalue weighted by atomic mass is 16.6. The van der Waals surface area contributed by atoms with Crippen molar-refractivity contribution in [3.05, 3.63) is 81.9 Å². The van der Waals surface area contributed by atoms with Gasteiger partial charge in [-0.1, -0.05) is 48.5 Å². The lowest BCUT2D eigenvalue weighted by molar-refractivity contribution is -0.139. The second kappa shape index (κ2) is 6.89. The molecule has 0 N–H and O–H groups in total. The van der Waals surface area contributed by atoms with Crippen LogP contribution in [-0.4, -0.2) is 33.3 Å². The molecule has 2 aromatic carbocycles. The molecule has 0 radical (unpaired) electrons. The van der Waals surface area contributed by atoms with E-state index in [-0.39, 0.29) is 11.1 Å². The van der Waals surface area contributed by atoms with Gasteiger partial charge in [-0.25, -0.2) is 9.59 Å². The van der Waals surface area contributed by atoms with Crippen LogP contribution < -0.4 is 0 Å². The number of fused-ring (bicyclic) bond motifs is 5. The molecule has 28 heavy (non-hydrogen) atoms. The summed E-state index contributed by atoms with van der Waals surface area (Å²) in [5.74, 6) is -1.23. The molecule has 0 saturated carbocycles. The smallest absolute Gasteiger partial charge is 0.338 e. The van der Waals surface area contributed by atoms with E-state index < -0.39 is 23.6 Å². The van der Waals surface area contributed by atoms with E-state index in [9.17, 15) is 9.59 Å². The van der Waals surface area contributed by atoms with Gasteiger partial charge in [0.05, 0.1) is 32.0 Å². The normalized spacial score (nSPS) is 22.2. The number of rotatable bonds is 5. The Bertz CT molecular complexity index is 992. The highest BCUT2D eigenvalue weighted by Crippen LogP contribution is 2.61. The number of carbonyl (C=O) groups excluding carboxylic acids is 2. The second-order valence-corrected chi connectivity index (χ2v) is 6.63. The Balaban J connectivity index is 2.08. The van der Waals surface area contributed by atoms with Gasteiger partial charge in [0, 0.05) is 7.11 Å². The van der Waals surface area contributed by atoms with Crippen molar-refractivity contribution in [2.24, 2.45) is 0 Å². The summed E-state index contributed by atoms with van der Waals surface area (Å²) in [7, 11) is 4.18. The third-order valence-corrected chi connectivity index (χ3v) is 5.29. The molecule has 0 spiro atoms. The Morgan fingerprint density at radius 3 is 2.25 bits per heavy atom. The van der Waals surface area contributed by atoms with Crippen molar-refractivity contribution in [3.63, 3.8) is 0 Å². The molecule has 0 amide bonds. The summed E-state index contributed by atoms with van der Waals surface area (Å²) >= 11 is 0. The highest BCUT2D eigenvalue weighted by molar-refractivity contribution is 6.06. The number of carbonyl (C=O) groups is 2. The Labute approximate surface area is 162 Å². The molecule has 0 fully saturated rings. The van der Waals surface area contributed by atoms with Crippen molar-refractivity contribution in [1.29, 1.82) is 0 Å². The fourth-order valence-electron chi connectivity index (χ4n) is 4.24. The van der Waals surface area contributed by atoms with Crippen LogP contribution in [-0.2, 0) is 40.7 Å². The van der Waals surface area contributed by atoms with Gasteiger partial charge in [0.1, 0.15) is 6.10 Å². The Morgan fingerprint density at radius 1 is 0.929 bits per heavy atom. The summed E-state index contributed by atoms with van der Waals surface area (Å²) in [6.07, 6.45) is -0.701. The first kappa shape index (κ1) is 18.4. The number of benzene rings is 2. The van der Waals surface area contributed by atoms with Crippen LogP contribution in [0.4, 0.5) is 0 Å². The first-order valence-electron chi connectivity index (χ1n) is 8.86. The van der Waals surface area contributed by atoms with Gasteiger partial charge < -0.3 is 18.9 Å². The van der Waals surface area contributed by atoms with E-state index >= 15 is 0 Å². The van der Waals surface area contributed by atoms with Gasteiger partial charge >= 0.3 is 11.9 Å². The molecule has 144 valence electrons. The van der Waals surface area contributed by atoms with Crippen LogP contribution in [0.15, 0.2) is 59.7 Å². The zero-order valence-electron chi connectivity index (χ0n) is 15.9. The summed E-state index contributed by atoms with van der Waals surface area (Å²) in [6, 6.07) is 15.1. The maximum Gasteiger partial charge on any atom is 0.338 e. The Kier molecular flexibility index (Phi) is 4.53. The van der Waals surface area contributed by atoms with Gasteiger partial charge in [0.25, 0.3) is 0 Å².